The molecule has 1 aliphatic heterocycles. The van der Waals surface area contributed by atoms with E-state index in [1.807, 2.05) is 0 Å². The van der Waals surface area contributed by atoms with Gasteiger partial charge in [-0.3, -0.25) is 4.79 Å². The van der Waals surface area contributed by atoms with Gasteiger partial charge >= 0.3 is 5.97 Å². The fraction of sp³-hybridized carbons (Fsp3) is 0.0714. The summed E-state index contributed by atoms with van der Waals surface area (Å²) in [4.78, 5) is 22.8. The van der Waals surface area contributed by atoms with Crippen molar-refractivity contribution in [3.05, 3.63) is 54.0 Å². The smallest absolute Gasteiger partial charge is 0.335 e. The molecule has 0 saturated carbocycles. The number of hydrogen-bond acceptors (Lipinski definition) is 4. The minimum atomic E-state index is -1.01. The number of hydrogen-bond donors (Lipinski definition) is 1. The van der Waals surface area contributed by atoms with Crippen LogP contribution in [-0.4, -0.2) is 22.7 Å². The van der Waals surface area contributed by atoms with Crippen molar-refractivity contribution in [1.29, 1.82) is 0 Å². The van der Waals surface area contributed by atoms with Gasteiger partial charge in [0.15, 0.2) is 0 Å². The van der Waals surface area contributed by atoms with Crippen molar-refractivity contribution in [2.75, 3.05) is 5.01 Å². The van der Waals surface area contributed by atoms with E-state index in [4.69, 9.17) is 9.52 Å². The number of carbonyl (C=O) groups is 2. The lowest BCUT2D eigenvalue weighted by Gasteiger charge is -2.11. The maximum atomic E-state index is 12.0. The van der Waals surface area contributed by atoms with E-state index in [0.29, 0.717) is 11.4 Å². The van der Waals surface area contributed by atoms with Crippen LogP contribution >= 0.6 is 0 Å². The third-order valence-electron chi connectivity index (χ3n) is 2.99. The Morgan fingerprint density at radius 2 is 2.00 bits per heavy atom. The van der Waals surface area contributed by atoms with E-state index < -0.39 is 5.97 Å². The largest absolute Gasteiger partial charge is 0.478 e. The van der Waals surface area contributed by atoms with Crippen molar-refractivity contribution in [1.82, 2.24) is 0 Å². The number of rotatable bonds is 3. The van der Waals surface area contributed by atoms with Crippen molar-refractivity contribution < 1.29 is 19.1 Å². The normalized spacial score (nSPS) is 14.5. The van der Waals surface area contributed by atoms with Gasteiger partial charge in [0, 0.05) is 5.56 Å². The van der Waals surface area contributed by atoms with Crippen LogP contribution in [0, 0.1) is 0 Å². The van der Waals surface area contributed by atoms with Gasteiger partial charge in [-0.2, -0.15) is 5.10 Å². The predicted octanol–water partition coefficient (Wildman–Crippen LogP) is 2.12. The number of aromatic carboxylic acids is 1. The Bertz CT molecular complexity index is 686. The standard InChI is InChI=1S/C14H10N2O4/c17-13-7-12(10-5-6-20-8-10)15-16(13)11-3-1-9(2-4-11)14(18)19/h1-6,8H,7H2,(H,18,19). The molecule has 0 radical (unpaired) electrons. The molecule has 0 atom stereocenters. The Kier molecular flexibility index (Phi) is 2.83. The van der Waals surface area contributed by atoms with Gasteiger partial charge in [0.05, 0.1) is 35.9 Å². The molecule has 20 heavy (non-hydrogen) atoms. The van der Waals surface area contributed by atoms with E-state index in [2.05, 4.69) is 5.10 Å². The van der Waals surface area contributed by atoms with Crippen molar-refractivity contribution in [2.45, 2.75) is 6.42 Å². The van der Waals surface area contributed by atoms with Crippen LogP contribution in [0.1, 0.15) is 22.3 Å². The van der Waals surface area contributed by atoms with Crippen molar-refractivity contribution >= 4 is 23.3 Å². The molecule has 0 fully saturated rings. The predicted molar refractivity (Wildman–Crippen MR) is 70.7 cm³/mol. The molecule has 0 aliphatic carbocycles. The molecule has 1 aromatic carbocycles. The van der Waals surface area contributed by atoms with Gasteiger partial charge in [0.25, 0.3) is 5.91 Å². The number of nitrogens with zero attached hydrogens (tertiary/aromatic N) is 2. The molecule has 1 amide bonds. The first-order valence-corrected chi connectivity index (χ1v) is 5.91. The number of benzene rings is 1. The summed E-state index contributed by atoms with van der Waals surface area (Å²) >= 11 is 0. The van der Waals surface area contributed by atoms with Crippen LogP contribution < -0.4 is 5.01 Å². The third kappa shape index (κ3) is 2.07. The molecule has 0 unspecified atom stereocenters. The lowest BCUT2D eigenvalue weighted by atomic mass is 10.1. The highest BCUT2D eigenvalue weighted by molar-refractivity contribution is 6.19. The lowest BCUT2D eigenvalue weighted by molar-refractivity contribution is -0.116. The van der Waals surface area contributed by atoms with Gasteiger partial charge in [-0.1, -0.05) is 0 Å². The topological polar surface area (TPSA) is 83.1 Å². The minimum Gasteiger partial charge on any atom is -0.478 e. The average Bonchev–Trinajstić information content (AvgIpc) is 3.08. The third-order valence-corrected chi connectivity index (χ3v) is 2.99. The van der Waals surface area contributed by atoms with Crippen molar-refractivity contribution in [2.24, 2.45) is 5.10 Å². The van der Waals surface area contributed by atoms with Gasteiger partial charge in [0.1, 0.15) is 0 Å². The number of carbonyl (C=O) groups excluding carboxylic acids is 1. The molecule has 0 saturated heterocycles. The Balaban J connectivity index is 1.90. The summed E-state index contributed by atoms with van der Waals surface area (Å²) in [6, 6.07) is 7.74. The Hall–Kier alpha value is -2.89. The Labute approximate surface area is 113 Å². The zero-order valence-corrected chi connectivity index (χ0v) is 10.3. The number of carboxylic acid groups (broad SMARTS) is 1. The van der Waals surface area contributed by atoms with Gasteiger partial charge in [-0.25, -0.2) is 9.80 Å². The molecule has 100 valence electrons. The van der Waals surface area contributed by atoms with Crippen LogP contribution in [0.5, 0.6) is 0 Å². The number of carboxylic acids is 1. The van der Waals surface area contributed by atoms with Crippen LogP contribution in [0.3, 0.4) is 0 Å². The Morgan fingerprint density at radius 3 is 2.60 bits per heavy atom. The quantitative estimate of drug-likeness (QED) is 0.925. The van der Waals surface area contributed by atoms with Crippen LogP contribution in [0.25, 0.3) is 0 Å². The van der Waals surface area contributed by atoms with Gasteiger partial charge < -0.3 is 9.52 Å². The lowest BCUT2D eigenvalue weighted by Crippen LogP contribution is -2.19. The van der Waals surface area contributed by atoms with Gasteiger partial charge in [-0.15, -0.1) is 0 Å². The van der Waals surface area contributed by atoms with Crippen molar-refractivity contribution in [3.63, 3.8) is 0 Å². The zero-order valence-electron chi connectivity index (χ0n) is 10.3. The second kappa shape index (κ2) is 4.65. The fourth-order valence-corrected chi connectivity index (χ4v) is 1.97. The molecule has 2 heterocycles. The molecule has 1 N–H and O–H groups in total. The zero-order chi connectivity index (χ0) is 14.1. The maximum Gasteiger partial charge on any atom is 0.335 e. The van der Waals surface area contributed by atoms with Crippen LogP contribution in [-0.2, 0) is 4.79 Å². The minimum absolute atomic E-state index is 0.163. The monoisotopic (exact) mass is 270 g/mol. The molecular weight excluding hydrogens is 260 g/mol. The van der Waals surface area contributed by atoms with Crippen molar-refractivity contribution in [3.8, 4) is 0 Å². The first-order chi connectivity index (χ1) is 9.65. The Morgan fingerprint density at radius 1 is 1.25 bits per heavy atom. The number of amides is 1. The summed E-state index contributed by atoms with van der Waals surface area (Å²) in [5, 5.41) is 14.4. The summed E-state index contributed by atoms with van der Waals surface area (Å²) < 4.78 is 4.97. The van der Waals surface area contributed by atoms with Crippen LogP contribution in [0.15, 0.2) is 52.4 Å². The van der Waals surface area contributed by atoms with E-state index in [1.54, 1.807) is 18.2 Å². The van der Waals surface area contributed by atoms with Gasteiger partial charge in [-0.05, 0) is 30.3 Å². The highest BCUT2D eigenvalue weighted by Crippen LogP contribution is 2.23. The summed E-state index contributed by atoms with van der Waals surface area (Å²) in [6.45, 7) is 0. The van der Waals surface area contributed by atoms with E-state index in [9.17, 15) is 9.59 Å². The molecule has 1 aromatic heterocycles. The fourth-order valence-electron chi connectivity index (χ4n) is 1.97. The first kappa shape index (κ1) is 12.2. The molecule has 0 bridgehead atoms. The second-order valence-electron chi connectivity index (χ2n) is 4.29. The van der Waals surface area contributed by atoms with E-state index in [0.717, 1.165) is 5.56 Å². The maximum absolute atomic E-state index is 12.0. The van der Waals surface area contributed by atoms with Crippen LogP contribution in [0.4, 0.5) is 5.69 Å². The average molecular weight is 270 g/mol. The first-order valence-electron chi connectivity index (χ1n) is 5.91. The molecule has 3 rings (SSSR count). The van der Waals surface area contributed by atoms with E-state index in [-0.39, 0.29) is 17.9 Å². The highest BCUT2D eigenvalue weighted by Gasteiger charge is 2.26. The van der Waals surface area contributed by atoms with Crippen LogP contribution in [0.2, 0.25) is 0 Å². The molecule has 6 nitrogen and oxygen atoms in total. The highest BCUT2D eigenvalue weighted by atomic mass is 16.4. The molecule has 0 spiro atoms. The van der Waals surface area contributed by atoms with Gasteiger partial charge in [0.2, 0.25) is 0 Å². The number of furan rings is 1. The molecule has 6 heteroatoms. The molecule has 2 aromatic rings. The number of anilines is 1. The summed E-state index contributed by atoms with van der Waals surface area (Å²) in [5.41, 5.74) is 2.10. The number of hydrazone groups is 1. The van der Waals surface area contributed by atoms with E-state index >= 15 is 0 Å². The molecular formula is C14H10N2O4. The van der Waals surface area contributed by atoms with E-state index in [1.165, 1.54) is 29.7 Å². The second-order valence-corrected chi connectivity index (χ2v) is 4.29. The SMILES string of the molecule is O=C(O)c1ccc(N2N=C(c3ccoc3)CC2=O)cc1. The summed E-state index contributed by atoms with van der Waals surface area (Å²) in [7, 11) is 0. The molecule has 1 aliphatic rings. The summed E-state index contributed by atoms with van der Waals surface area (Å²) in [5.74, 6) is -1.17. The summed E-state index contributed by atoms with van der Waals surface area (Å²) in [6.07, 6.45) is 3.25.